The number of hydrogen-bond donors (Lipinski definition) is 1. The first-order valence-electron chi connectivity index (χ1n) is 8.47. The molecule has 2 heterocycles. The van der Waals surface area contributed by atoms with E-state index in [4.69, 9.17) is 4.74 Å². The highest BCUT2D eigenvalue weighted by molar-refractivity contribution is 5.77. The fraction of sp³-hybridized carbons (Fsp3) is 0.938. The summed E-state index contributed by atoms with van der Waals surface area (Å²) in [5.74, 6) is 0.357. The van der Waals surface area contributed by atoms with Crippen LogP contribution in [-0.2, 0) is 9.53 Å². The van der Waals surface area contributed by atoms with Crippen molar-refractivity contribution in [2.75, 3.05) is 19.7 Å². The molecule has 20 heavy (non-hydrogen) atoms. The fourth-order valence-electron chi connectivity index (χ4n) is 3.45. The third-order valence-corrected chi connectivity index (χ3v) is 4.84. The molecule has 4 nitrogen and oxygen atoms in total. The molecule has 2 saturated heterocycles. The Hall–Kier alpha value is -0.610. The molecule has 114 valence electrons. The lowest BCUT2D eigenvalue weighted by atomic mass is 10.0. The van der Waals surface area contributed by atoms with Crippen LogP contribution in [0.15, 0.2) is 0 Å². The Bertz CT molecular complexity index is 318. The van der Waals surface area contributed by atoms with Crippen LogP contribution in [0.5, 0.6) is 0 Å². The van der Waals surface area contributed by atoms with Crippen LogP contribution >= 0.6 is 0 Å². The summed E-state index contributed by atoms with van der Waals surface area (Å²) in [6.07, 6.45) is 10.4. The van der Waals surface area contributed by atoms with Crippen molar-refractivity contribution in [1.82, 2.24) is 10.2 Å². The van der Waals surface area contributed by atoms with Crippen LogP contribution in [0.3, 0.4) is 0 Å². The molecule has 3 fully saturated rings. The van der Waals surface area contributed by atoms with Gasteiger partial charge in [-0.25, -0.2) is 0 Å². The van der Waals surface area contributed by atoms with Crippen molar-refractivity contribution in [1.29, 1.82) is 0 Å². The van der Waals surface area contributed by atoms with E-state index in [1.165, 1.54) is 38.5 Å². The van der Waals surface area contributed by atoms with Gasteiger partial charge in [0.05, 0.1) is 6.10 Å². The van der Waals surface area contributed by atoms with Gasteiger partial charge in [-0.3, -0.25) is 4.79 Å². The number of carbonyl (C=O) groups excluding carboxylic acids is 1. The minimum Gasteiger partial charge on any atom is -0.378 e. The van der Waals surface area contributed by atoms with Gasteiger partial charge in [0.2, 0.25) is 5.91 Å². The molecule has 0 radical (unpaired) electrons. The first kappa shape index (κ1) is 14.3. The highest BCUT2D eigenvalue weighted by Gasteiger charge is 2.34. The van der Waals surface area contributed by atoms with E-state index in [2.05, 4.69) is 10.2 Å². The van der Waals surface area contributed by atoms with Crippen molar-refractivity contribution in [2.24, 2.45) is 0 Å². The number of nitrogens with zero attached hydrogens (tertiary/aromatic N) is 1. The molecule has 1 saturated carbocycles. The van der Waals surface area contributed by atoms with Crippen LogP contribution in [0.4, 0.5) is 0 Å². The van der Waals surface area contributed by atoms with Crippen LogP contribution in [-0.4, -0.2) is 48.7 Å². The summed E-state index contributed by atoms with van der Waals surface area (Å²) in [5, 5.41) is 3.51. The molecular weight excluding hydrogens is 252 g/mol. The van der Waals surface area contributed by atoms with Crippen molar-refractivity contribution < 1.29 is 9.53 Å². The normalized spacial score (nSPS) is 30.4. The molecule has 0 spiro atoms. The molecule has 1 N–H and O–H groups in total. The lowest BCUT2D eigenvalue weighted by molar-refractivity contribution is -0.133. The molecule has 3 rings (SSSR count). The Kier molecular flexibility index (Phi) is 4.94. The Morgan fingerprint density at radius 2 is 2.05 bits per heavy atom. The number of nitrogens with one attached hydrogen (secondary N) is 1. The maximum absolute atomic E-state index is 12.5. The molecule has 2 aliphatic heterocycles. The predicted octanol–water partition coefficient (Wildman–Crippen LogP) is 2.08. The molecule has 2 unspecified atom stereocenters. The number of carbonyl (C=O) groups is 1. The van der Waals surface area contributed by atoms with Gasteiger partial charge in [-0.2, -0.15) is 0 Å². The Balaban J connectivity index is 1.44. The maximum Gasteiger partial charge on any atom is 0.222 e. The Morgan fingerprint density at radius 3 is 2.70 bits per heavy atom. The van der Waals surface area contributed by atoms with Gasteiger partial charge >= 0.3 is 0 Å². The van der Waals surface area contributed by atoms with Crippen LogP contribution in [0.1, 0.15) is 57.8 Å². The Labute approximate surface area is 122 Å². The summed E-state index contributed by atoms with van der Waals surface area (Å²) < 4.78 is 5.73. The fourth-order valence-corrected chi connectivity index (χ4v) is 3.45. The Morgan fingerprint density at radius 1 is 1.15 bits per heavy atom. The van der Waals surface area contributed by atoms with Crippen molar-refractivity contribution >= 4 is 5.91 Å². The molecule has 4 heteroatoms. The molecule has 0 bridgehead atoms. The zero-order valence-corrected chi connectivity index (χ0v) is 12.5. The maximum atomic E-state index is 12.5. The quantitative estimate of drug-likeness (QED) is 0.810. The second-order valence-corrected chi connectivity index (χ2v) is 6.60. The summed E-state index contributed by atoms with van der Waals surface area (Å²) in [5.41, 5.74) is 0. The molecule has 0 aromatic rings. The van der Waals surface area contributed by atoms with Crippen LogP contribution in [0, 0.1) is 0 Å². The van der Waals surface area contributed by atoms with E-state index in [1.54, 1.807) is 0 Å². The SMILES string of the molecule is O=C(CCC1CCCCO1)N(CC1CCCN1)C1CC1. The smallest absolute Gasteiger partial charge is 0.222 e. The van der Waals surface area contributed by atoms with Crippen molar-refractivity contribution in [2.45, 2.75) is 76.0 Å². The van der Waals surface area contributed by atoms with E-state index in [-0.39, 0.29) is 0 Å². The monoisotopic (exact) mass is 280 g/mol. The minimum atomic E-state index is 0.332. The van der Waals surface area contributed by atoms with Gasteiger partial charge in [0.25, 0.3) is 0 Å². The van der Waals surface area contributed by atoms with Crippen LogP contribution < -0.4 is 5.32 Å². The average Bonchev–Trinajstić information content (AvgIpc) is 3.20. The van der Waals surface area contributed by atoms with Crippen LogP contribution in [0.25, 0.3) is 0 Å². The molecule has 3 aliphatic rings. The van der Waals surface area contributed by atoms with E-state index < -0.39 is 0 Å². The van der Waals surface area contributed by atoms with E-state index in [0.29, 0.717) is 30.5 Å². The van der Waals surface area contributed by atoms with Gasteiger partial charge in [0.15, 0.2) is 0 Å². The second kappa shape index (κ2) is 6.90. The summed E-state index contributed by atoms with van der Waals surface area (Å²) in [7, 11) is 0. The minimum absolute atomic E-state index is 0.332. The van der Waals surface area contributed by atoms with Crippen molar-refractivity contribution in [3.8, 4) is 0 Å². The van der Waals surface area contributed by atoms with Crippen LogP contribution in [0.2, 0.25) is 0 Å². The number of ether oxygens (including phenoxy) is 1. The third-order valence-electron chi connectivity index (χ3n) is 4.84. The predicted molar refractivity (Wildman–Crippen MR) is 78.6 cm³/mol. The highest BCUT2D eigenvalue weighted by Crippen LogP contribution is 2.29. The van der Waals surface area contributed by atoms with Gasteiger partial charge in [0, 0.05) is 31.7 Å². The zero-order chi connectivity index (χ0) is 13.8. The van der Waals surface area contributed by atoms with E-state index in [9.17, 15) is 4.79 Å². The van der Waals surface area contributed by atoms with Crippen molar-refractivity contribution in [3.05, 3.63) is 0 Å². The summed E-state index contributed by atoms with van der Waals surface area (Å²) >= 11 is 0. The number of amides is 1. The third kappa shape index (κ3) is 3.95. The summed E-state index contributed by atoms with van der Waals surface area (Å²) in [6.45, 7) is 2.93. The second-order valence-electron chi connectivity index (χ2n) is 6.60. The van der Waals surface area contributed by atoms with Gasteiger partial charge in [-0.05, 0) is 57.9 Å². The lowest BCUT2D eigenvalue weighted by Gasteiger charge is -2.27. The van der Waals surface area contributed by atoms with Gasteiger partial charge in [0.1, 0.15) is 0 Å². The van der Waals surface area contributed by atoms with Gasteiger partial charge in [-0.15, -0.1) is 0 Å². The molecular formula is C16H28N2O2. The van der Waals surface area contributed by atoms with E-state index >= 15 is 0 Å². The first-order valence-corrected chi connectivity index (χ1v) is 8.47. The van der Waals surface area contributed by atoms with Gasteiger partial charge < -0.3 is 15.0 Å². The van der Waals surface area contributed by atoms with Gasteiger partial charge in [-0.1, -0.05) is 0 Å². The molecule has 1 aliphatic carbocycles. The molecule has 0 aromatic carbocycles. The van der Waals surface area contributed by atoms with E-state index in [1.807, 2.05) is 0 Å². The highest BCUT2D eigenvalue weighted by atomic mass is 16.5. The lowest BCUT2D eigenvalue weighted by Crippen LogP contribution is -2.42. The van der Waals surface area contributed by atoms with E-state index in [0.717, 1.165) is 32.5 Å². The van der Waals surface area contributed by atoms with Crippen molar-refractivity contribution in [3.63, 3.8) is 0 Å². The number of hydrogen-bond acceptors (Lipinski definition) is 3. The summed E-state index contributed by atoms with van der Waals surface area (Å²) in [4.78, 5) is 14.7. The topological polar surface area (TPSA) is 41.6 Å². The number of rotatable bonds is 6. The zero-order valence-electron chi connectivity index (χ0n) is 12.5. The molecule has 0 aromatic heterocycles. The largest absolute Gasteiger partial charge is 0.378 e. The first-order chi connectivity index (χ1) is 9.83. The standard InChI is InChI=1S/C16H28N2O2/c19-16(9-8-15-5-1-2-11-20-15)18(14-6-7-14)12-13-4-3-10-17-13/h13-15,17H,1-12H2. The average molecular weight is 280 g/mol. The molecule has 2 atom stereocenters. The molecule has 1 amide bonds. The summed E-state index contributed by atoms with van der Waals surface area (Å²) in [6, 6.07) is 1.07.